The minimum Gasteiger partial charge on any atom is -0.316 e. The van der Waals surface area contributed by atoms with Crippen LogP contribution in [0, 0.1) is 5.41 Å². The van der Waals surface area contributed by atoms with E-state index in [2.05, 4.69) is 45.1 Å². The minimum atomic E-state index is 0.374. The van der Waals surface area contributed by atoms with Crippen molar-refractivity contribution in [2.75, 3.05) is 20.6 Å². The van der Waals surface area contributed by atoms with Gasteiger partial charge in [-0.15, -0.1) is 0 Å². The minimum absolute atomic E-state index is 0.374. The molecule has 1 rings (SSSR count). The van der Waals surface area contributed by atoms with Crippen LogP contribution in [0.25, 0.3) is 0 Å². The smallest absolute Gasteiger partial charge is 0.0125 e. The van der Waals surface area contributed by atoms with Gasteiger partial charge in [-0.3, -0.25) is 0 Å². The van der Waals surface area contributed by atoms with E-state index in [0.717, 1.165) is 6.04 Å². The Kier molecular flexibility index (Phi) is 3.96. The molecule has 0 aromatic carbocycles. The first-order valence-corrected chi connectivity index (χ1v) is 5.82. The van der Waals surface area contributed by atoms with Gasteiger partial charge in [0.05, 0.1) is 0 Å². The van der Waals surface area contributed by atoms with Crippen LogP contribution in [0.3, 0.4) is 0 Å². The Morgan fingerprint density at radius 2 is 1.93 bits per heavy atom. The molecule has 0 aromatic heterocycles. The van der Waals surface area contributed by atoms with Crippen molar-refractivity contribution in [3.63, 3.8) is 0 Å². The van der Waals surface area contributed by atoms with E-state index in [9.17, 15) is 0 Å². The molecule has 2 nitrogen and oxygen atoms in total. The zero-order valence-electron chi connectivity index (χ0n) is 10.4. The van der Waals surface area contributed by atoms with E-state index in [0.29, 0.717) is 11.5 Å². The van der Waals surface area contributed by atoms with Gasteiger partial charge in [-0.1, -0.05) is 20.8 Å². The molecule has 0 aromatic rings. The fourth-order valence-corrected chi connectivity index (χ4v) is 2.04. The topological polar surface area (TPSA) is 15.3 Å². The molecule has 2 heteroatoms. The third-order valence-electron chi connectivity index (χ3n) is 3.33. The molecule has 1 fully saturated rings. The molecule has 1 atom stereocenters. The van der Waals surface area contributed by atoms with Crippen LogP contribution in [0.4, 0.5) is 0 Å². The van der Waals surface area contributed by atoms with Gasteiger partial charge in [0.15, 0.2) is 0 Å². The molecule has 0 radical (unpaired) electrons. The second kappa shape index (κ2) is 4.63. The van der Waals surface area contributed by atoms with Gasteiger partial charge in [0.2, 0.25) is 0 Å². The van der Waals surface area contributed by atoms with Gasteiger partial charge in [-0.25, -0.2) is 0 Å². The number of hydrogen-bond donors (Lipinski definition) is 1. The number of rotatable bonds is 5. The van der Waals surface area contributed by atoms with Gasteiger partial charge in [0, 0.05) is 12.1 Å². The average Bonchev–Trinajstić information content (AvgIpc) is 2.84. The molecular weight excluding hydrogens is 172 g/mol. The summed E-state index contributed by atoms with van der Waals surface area (Å²) >= 11 is 0. The third kappa shape index (κ3) is 3.58. The van der Waals surface area contributed by atoms with Crippen molar-refractivity contribution in [2.24, 2.45) is 5.41 Å². The highest BCUT2D eigenvalue weighted by Crippen LogP contribution is 2.27. The molecule has 0 aliphatic heterocycles. The number of nitrogens with one attached hydrogen (secondary N) is 1. The van der Waals surface area contributed by atoms with Gasteiger partial charge in [-0.2, -0.15) is 0 Å². The maximum atomic E-state index is 3.43. The zero-order valence-corrected chi connectivity index (χ0v) is 10.4. The fraction of sp³-hybridized carbons (Fsp3) is 1.00. The summed E-state index contributed by atoms with van der Waals surface area (Å²) in [5.41, 5.74) is 0.374. The van der Waals surface area contributed by atoms with E-state index in [1.54, 1.807) is 0 Å². The Labute approximate surface area is 89.1 Å². The highest BCUT2D eigenvalue weighted by molar-refractivity contribution is 4.85. The molecule has 0 amide bonds. The van der Waals surface area contributed by atoms with Crippen LogP contribution in [0.1, 0.15) is 40.0 Å². The number of nitrogens with zero attached hydrogens (tertiary/aromatic N) is 1. The van der Waals surface area contributed by atoms with Crippen LogP contribution in [-0.4, -0.2) is 37.6 Å². The normalized spacial score (nSPS) is 20.1. The first-order chi connectivity index (χ1) is 6.45. The van der Waals surface area contributed by atoms with Crippen molar-refractivity contribution in [2.45, 2.75) is 52.1 Å². The maximum absolute atomic E-state index is 3.43. The maximum Gasteiger partial charge on any atom is 0.0125 e. The average molecular weight is 198 g/mol. The number of hydrogen-bond acceptors (Lipinski definition) is 2. The Bertz CT molecular complexity index is 168. The highest BCUT2D eigenvalue weighted by atomic mass is 15.2. The summed E-state index contributed by atoms with van der Waals surface area (Å²) in [5.74, 6) is 0. The van der Waals surface area contributed by atoms with Crippen molar-refractivity contribution < 1.29 is 0 Å². The van der Waals surface area contributed by atoms with Crippen molar-refractivity contribution >= 4 is 0 Å². The van der Waals surface area contributed by atoms with E-state index < -0.39 is 0 Å². The van der Waals surface area contributed by atoms with Crippen LogP contribution < -0.4 is 5.32 Å². The highest BCUT2D eigenvalue weighted by Gasteiger charge is 2.28. The first kappa shape index (κ1) is 12.0. The molecule has 1 aliphatic rings. The molecule has 0 spiro atoms. The Hall–Kier alpha value is -0.0800. The predicted molar refractivity (Wildman–Crippen MR) is 62.6 cm³/mol. The largest absolute Gasteiger partial charge is 0.316 e. The van der Waals surface area contributed by atoms with Gasteiger partial charge in [0.25, 0.3) is 0 Å². The van der Waals surface area contributed by atoms with Crippen LogP contribution in [0.2, 0.25) is 0 Å². The van der Waals surface area contributed by atoms with E-state index >= 15 is 0 Å². The molecule has 1 unspecified atom stereocenters. The van der Waals surface area contributed by atoms with E-state index in [1.165, 1.54) is 25.8 Å². The van der Waals surface area contributed by atoms with Gasteiger partial charge < -0.3 is 10.2 Å². The molecule has 0 bridgehead atoms. The molecule has 1 saturated carbocycles. The summed E-state index contributed by atoms with van der Waals surface area (Å²) in [7, 11) is 4.33. The molecule has 0 saturated heterocycles. The monoisotopic (exact) mass is 198 g/mol. The Morgan fingerprint density at radius 1 is 1.36 bits per heavy atom. The van der Waals surface area contributed by atoms with Crippen LogP contribution >= 0.6 is 0 Å². The summed E-state index contributed by atoms with van der Waals surface area (Å²) < 4.78 is 0. The lowest BCUT2D eigenvalue weighted by Gasteiger charge is -2.32. The standard InChI is InChI=1S/C12H26N2/c1-12(2,3)11(13-4)8-9-14(5)10-6-7-10/h10-11,13H,6-9H2,1-5H3. The lowest BCUT2D eigenvalue weighted by atomic mass is 9.85. The van der Waals surface area contributed by atoms with E-state index in [-0.39, 0.29) is 0 Å². The van der Waals surface area contributed by atoms with Crippen molar-refractivity contribution in [1.82, 2.24) is 10.2 Å². The zero-order chi connectivity index (χ0) is 10.8. The quantitative estimate of drug-likeness (QED) is 0.728. The van der Waals surface area contributed by atoms with Gasteiger partial charge >= 0.3 is 0 Å². The van der Waals surface area contributed by atoms with Crippen LogP contribution in [0.5, 0.6) is 0 Å². The summed E-state index contributed by atoms with van der Waals surface area (Å²) in [6.07, 6.45) is 4.08. The molecule has 0 heterocycles. The second-order valence-electron chi connectivity index (χ2n) is 5.71. The Morgan fingerprint density at radius 3 is 2.29 bits per heavy atom. The van der Waals surface area contributed by atoms with Crippen molar-refractivity contribution in [1.29, 1.82) is 0 Å². The first-order valence-electron chi connectivity index (χ1n) is 5.82. The van der Waals surface area contributed by atoms with Crippen molar-refractivity contribution in [3.05, 3.63) is 0 Å². The van der Waals surface area contributed by atoms with Gasteiger partial charge in [0.1, 0.15) is 0 Å². The molecule has 84 valence electrons. The summed E-state index contributed by atoms with van der Waals surface area (Å²) in [4.78, 5) is 2.51. The fourth-order valence-electron chi connectivity index (χ4n) is 2.04. The second-order valence-corrected chi connectivity index (χ2v) is 5.71. The van der Waals surface area contributed by atoms with Gasteiger partial charge in [-0.05, 0) is 45.3 Å². The molecule has 14 heavy (non-hydrogen) atoms. The summed E-state index contributed by atoms with van der Waals surface area (Å²) in [6, 6.07) is 1.52. The van der Waals surface area contributed by atoms with Crippen LogP contribution in [-0.2, 0) is 0 Å². The molecule has 1 N–H and O–H groups in total. The van der Waals surface area contributed by atoms with E-state index in [1.807, 2.05) is 0 Å². The lowest BCUT2D eigenvalue weighted by Crippen LogP contribution is -2.40. The summed E-state index contributed by atoms with van der Waals surface area (Å²) in [6.45, 7) is 8.16. The van der Waals surface area contributed by atoms with Crippen LogP contribution in [0.15, 0.2) is 0 Å². The molecular formula is C12H26N2. The predicted octanol–water partition coefficient (Wildman–Crippen LogP) is 2.10. The summed E-state index contributed by atoms with van der Waals surface area (Å²) in [5, 5.41) is 3.43. The van der Waals surface area contributed by atoms with Crippen molar-refractivity contribution in [3.8, 4) is 0 Å². The molecule has 1 aliphatic carbocycles. The SMILES string of the molecule is CNC(CCN(C)C1CC1)C(C)(C)C. The third-order valence-corrected chi connectivity index (χ3v) is 3.33. The Balaban J connectivity index is 2.26. The van der Waals surface area contributed by atoms with E-state index in [4.69, 9.17) is 0 Å². The lowest BCUT2D eigenvalue weighted by molar-refractivity contribution is 0.226.